The second-order valence-electron chi connectivity index (χ2n) is 8.87. The van der Waals surface area contributed by atoms with Crippen LogP contribution in [0.25, 0.3) is 16.6 Å². The molecule has 1 N–H and O–H groups in total. The second-order valence-corrected chi connectivity index (χ2v) is 8.87. The Kier molecular flexibility index (Phi) is 7.34. The number of fused-ring (bicyclic) bond motifs is 1. The molecule has 2 aromatic heterocycles. The third-order valence-corrected chi connectivity index (χ3v) is 6.29. The second kappa shape index (κ2) is 11.0. The highest BCUT2D eigenvalue weighted by Gasteiger charge is 2.19. The van der Waals surface area contributed by atoms with Crippen LogP contribution >= 0.6 is 0 Å². The number of aryl methyl sites for hydroxylation is 1. The largest absolute Gasteiger partial charge is 0.493 e. The number of benzene rings is 3. The number of amides is 1. The molecule has 0 saturated heterocycles. The molecule has 41 heavy (non-hydrogen) atoms. The minimum Gasteiger partial charge on any atom is -0.493 e. The molecule has 208 valence electrons. The molecular formula is C30H22F3N3O5. The summed E-state index contributed by atoms with van der Waals surface area (Å²) in [5.41, 5.74) is 0.407. The van der Waals surface area contributed by atoms with E-state index in [4.69, 9.17) is 14.2 Å². The normalized spacial score (nSPS) is 10.9. The summed E-state index contributed by atoms with van der Waals surface area (Å²) in [6.45, 7) is 1.67. The first-order chi connectivity index (χ1) is 19.7. The van der Waals surface area contributed by atoms with Crippen molar-refractivity contribution in [3.05, 3.63) is 112 Å². The summed E-state index contributed by atoms with van der Waals surface area (Å²) in [7, 11) is 2.86. The number of rotatable bonds is 7. The van der Waals surface area contributed by atoms with Crippen molar-refractivity contribution in [1.82, 2.24) is 9.55 Å². The fraction of sp³-hybridized carbons (Fsp3) is 0.100. The van der Waals surface area contributed by atoms with Gasteiger partial charge in [-0.05, 0) is 61.5 Å². The highest BCUT2D eigenvalue weighted by atomic mass is 19.1. The molecule has 0 atom stereocenters. The molecular weight excluding hydrogens is 539 g/mol. The van der Waals surface area contributed by atoms with E-state index in [0.717, 1.165) is 12.3 Å². The number of hydrogen-bond acceptors (Lipinski definition) is 6. The average Bonchev–Trinajstić information content (AvgIpc) is 2.96. The van der Waals surface area contributed by atoms with Crippen LogP contribution in [-0.2, 0) is 0 Å². The molecule has 0 radical (unpaired) electrons. The Balaban J connectivity index is 1.42. The fourth-order valence-corrected chi connectivity index (χ4v) is 4.26. The lowest BCUT2D eigenvalue weighted by Crippen LogP contribution is -2.29. The van der Waals surface area contributed by atoms with E-state index >= 15 is 4.39 Å². The van der Waals surface area contributed by atoms with E-state index in [2.05, 4.69) is 10.3 Å². The van der Waals surface area contributed by atoms with Crippen LogP contribution in [0.2, 0.25) is 0 Å². The number of ether oxygens (including phenoxy) is 3. The van der Waals surface area contributed by atoms with Crippen LogP contribution in [0, 0.1) is 24.4 Å². The number of carbonyl (C=O) groups is 1. The van der Waals surface area contributed by atoms with Gasteiger partial charge in [0, 0.05) is 34.6 Å². The van der Waals surface area contributed by atoms with Gasteiger partial charge in [-0.2, -0.15) is 0 Å². The number of pyridine rings is 2. The number of nitrogens with zero attached hydrogens (tertiary/aromatic N) is 2. The van der Waals surface area contributed by atoms with Gasteiger partial charge in [0.1, 0.15) is 11.4 Å². The van der Waals surface area contributed by atoms with E-state index < -0.39 is 28.9 Å². The van der Waals surface area contributed by atoms with Crippen LogP contribution in [0.5, 0.6) is 23.0 Å². The van der Waals surface area contributed by atoms with E-state index in [1.165, 1.54) is 73.4 Å². The van der Waals surface area contributed by atoms with Crippen LogP contribution < -0.4 is 25.1 Å². The van der Waals surface area contributed by atoms with Crippen molar-refractivity contribution in [2.75, 3.05) is 19.5 Å². The number of nitrogens with one attached hydrogen (secondary N) is 1. The first-order valence-corrected chi connectivity index (χ1v) is 12.2. The Morgan fingerprint density at radius 2 is 1.56 bits per heavy atom. The van der Waals surface area contributed by atoms with Gasteiger partial charge in [-0.25, -0.2) is 13.2 Å². The molecule has 0 aliphatic rings. The maximum atomic E-state index is 15.1. The van der Waals surface area contributed by atoms with E-state index in [0.29, 0.717) is 28.4 Å². The fourth-order valence-electron chi connectivity index (χ4n) is 4.26. The van der Waals surface area contributed by atoms with Gasteiger partial charge in [-0.15, -0.1) is 0 Å². The van der Waals surface area contributed by atoms with Gasteiger partial charge in [0.05, 0.1) is 25.9 Å². The minimum atomic E-state index is -0.903. The molecule has 0 bridgehead atoms. The zero-order chi connectivity index (χ0) is 29.3. The third-order valence-electron chi connectivity index (χ3n) is 6.29. The van der Waals surface area contributed by atoms with Crippen molar-refractivity contribution in [2.45, 2.75) is 6.92 Å². The number of hydrogen-bond donors (Lipinski definition) is 1. The molecule has 0 aliphatic carbocycles. The third kappa shape index (κ3) is 5.29. The summed E-state index contributed by atoms with van der Waals surface area (Å²) in [4.78, 5) is 30.1. The standard InChI is InChI=1S/C30H22F3N3O5/c1-16-4-10-20(30(38)36(16)19-8-5-17(31)6-9-19)29(37)35-18-7-11-25(22(32)12-18)41-28-21-13-26(39-2)27(40-3)14-24(21)34-15-23(28)33/h4-15H,1-3H3,(H,35,37). The van der Waals surface area contributed by atoms with Crippen LogP contribution in [0.3, 0.4) is 0 Å². The molecule has 3 aromatic carbocycles. The average molecular weight is 562 g/mol. The molecule has 0 spiro atoms. The summed E-state index contributed by atoms with van der Waals surface area (Å²) in [5, 5.41) is 2.70. The van der Waals surface area contributed by atoms with Crippen molar-refractivity contribution in [3.63, 3.8) is 0 Å². The van der Waals surface area contributed by atoms with E-state index in [9.17, 15) is 18.4 Å². The smallest absolute Gasteiger partial charge is 0.268 e. The van der Waals surface area contributed by atoms with E-state index in [-0.39, 0.29) is 28.1 Å². The quantitative estimate of drug-likeness (QED) is 0.256. The van der Waals surface area contributed by atoms with Gasteiger partial charge >= 0.3 is 0 Å². The molecule has 0 aliphatic heterocycles. The summed E-state index contributed by atoms with van der Waals surface area (Å²) in [5.74, 6) is -2.93. The van der Waals surface area contributed by atoms with Gasteiger partial charge in [-0.3, -0.25) is 19.1 Å². The molecule has 8 nitrogen and oxygen atoms in total. The van der Waals surface area contributed by atoms with Crippen LogP contribution in [0.4, 0.5) is 18.9 Å². The monoisotopic (exact) mass is 561 g/mol. The van der Waals surface area contributed by atoms with Crippen molar-refractivity contribution in [1.29, 1.82) is 0 Å². The highest BCUT2D eigenvalue weighted by molar-refractivity contribution is 6.04. The number of anilines is 1. The first-order valence-electron chi connectivity index (χ1n) is 12.2. The lowest BCUT2D eigenvalue weighted by Gasteiger charge is -2.14. The minimum absolute atomic E-state index is 0.0274. The van der Waals surface area contributed by atoms with Crippen LogP contribution in [0.1, 0.15) is 16.1 Å². The van der Waals surface area contributed by atoms with Gasteiger partial charge in [-0.1, -0.05) is 0 Å². The van der Waals surface area contributed by atoms with Crippen molar-refractivity contribution >= 4 is 22.5 Å². The van der Waals surface area contributed by atoms with Crippen LogP contribution in [0.15, 0.2) is 77.7 Å². The Morgan fingerprint density at radius 3 is 2.24 bits per heavy atom. The molecule has 0 fully saturated rings. The van der Waals surface area contributed by atoms with E-state index in [1.54, 1.807) is 13.0 Å². The van der Waals surface area contributed by atoms with E-state index in [1.807, 2.05) is 0 Å². The molecule has 11 heteroatoms. The maximum Gasteiger partial charge on any atom is 0.268 e. The number of methoxy groups -OCH3 is 2. The van der Waals surface area contributed by atoms with Crippen LogP contribution in [-0.4, -0.2) is 29.7 Å². The van der Waals surface area contributed by atoms with Gasteiger partial charge in [0.15, 0.2) is 34.6 Å². The van der Waals surface area contributed by atoms with Crippen molar-refractivity contribution in [3.8, 4) is 28.7 Å². The first kappa shape index (κ1) is 27.3. The Labute approximate surface area is 231 Å². The molecule has 0 saturated carbocycles. The molecule has 0 unspecified atom stereocenters. The van der Waals surface area contributed by atoms with Crippen molar-refractivity contribution in [2.24, 2.45) is 0 Å². The SMILES string of the molecule is COc1cc2ncc(F)c(Oc3ccc(NC(=O)c4ccc(C)n(-c5ccc(F)cc5)c4=O)cc3F)c2cc1OC. The summed E-state index contributed by atoms with van der Waals surface area (Å²) < 4.78 is 60.6. The van der Waals surface area contributed by atoms with Gasteiger partial charge in [0.2, 0.25) is 0 Å². The topological polar surface area (TPSA) is 91.7 Å². The molecule has 1 amide bonds. The lowest BCUT2D eigenvalue weighted by molar-refractivity contribution is 0.102. The Hall–Kier alpha value is -5.32. The zero-order valence-corrected chi connectivity index (χ0v) is 22.0. The summed E-state index contributed by atoms with van der Waals surface area (Å²) in [6.07, 6.45) is 0.941. The maximum absolute atomic E-state index is 15.1. The number of aromatic nitrogens is 2. The zero-order valence-electron chi connectivity index (χ0n) is 22.0. The highest BCUT2D eigenvalue weighted by Crippen LogP contribution is 2.39. The lowest BCUT2D eigenvalue weighted by atomic mass is 10.1. The number of halogens is 3. The summed E-state index contributed by atoms with van der Waals surface area (Å²) in [6, 6.07) is 14.7. The Morgan fingerprint density at radius 1 is 0.854 bits per heavy atom. The molecule has 5 rings (SSSR count). The summed E-state index contributed by atoms with van der Waals surface area (Å²) >= 11 is 0. The van der Waals surface area contributed by atoms with Crippen molar-refractivity contribution < 1.29 is 32.2 Å². The molecule has 2 heterocycles. The number of carbonyl (C=O) groups excluding carboxylic acids is 1. The Bertz CT molecular complexity index is 1860. The predicted octanol–water partition coefficient (Wildman–Crippen LogP) is 6.17. The van der Waals surface area contributed by atoms with Gasteiger partial charge < -0.3 is 19.5 Å². The van der Waals surface area contributed by atoms with Gasteiger partial charge in [0.25, 0.3) is 11.5 Å². The molecule has 5 aromatic rings. The predicted molar refractivity (Wildman–Crippen MR) is 146 cm³/mol.